The standard InChI is InChI=1S/C13H21N3O2/c1-2-16-11(10-14-15-16)13(17)5-3-4-12(13)6-8-18-9-7-12/h10,17H,2-9H2,1H3. The number of aromatic nitrogens is 3. The van der Waals surface area contributed by atoms with Crippen molar-refractivity contribution in [2.75, 3.05) is 13.2 Å². The summed E-state index contributed by atoms with van der Waals surface area (Å²) in [6.45, 7) is 4.31. The average Bonchev–Trinajstić information content (AvgIpc) is 2.98. The van der Waals surface area contributed by atoms with Crippen molar-refractivity contribution >= 4 is 0 Å². The number of aliphatic hydroxyl groups is 1. The number of hydrogen-bond donors (Lipinski definition) is 1. The maximum absolute atomic E-state index is 11.3. The van der Waals surface area contributed by atoms with Gasteiger partial charge in [-0.2, -0.15) is 0 Å². The summed E-state index contributed by atoms with van der Waals surface area (Å²) >= 11 is 0. The molecule has 1 aromatic heterocycles. The first kappa shape index (κ1) is 12.1. The number of rotatable bonds is 2. The first-order valence-corrected chi connectivity index (χ1v) is 6.91. The van der Waals surface area contributed by atoms with E-state index < -0.39 is 5.60 Å². The van der Waals surface area contributed by atoms with Crippen LogP contribution in [0.15, 0.2) is 6.20 Å². The molecule has 0 radical (unpaired) electrons. The topological polar surface area (TPSA) is 60.2 Å². The zero-order chi connectivity index (χ0) is 12.6. The molecule has 2 heterocycles. The summed E-state index contributed by atoms with van der Waals surface area (Å²) in [5, 5.41) is 19.3. The summed E-state index contributed by atoms with van der Waals surface area (Å²) in [6.07, 6.45) is 6.61. The molecule has 1 aromatic rings. The van der Waals surface area contributed by atoms with Crippen molar-refractivity contribution in [1.82, 2.24) is 15.0 Å². The Kier molecular flexibility index (Phi) is 2.90. The highest BCUT2D eigenvalue weighted by Crippen LogP contribution is 2.57. The summed E-state index contributed by atoms with van der Waals surface area (Å²) in [5.41, 5.74) is 0.0975. The van der Waals surface area contributed by atoms with Crippen LogP contribution in [-0.2, 0) is 16.9 Å². The second-order valence-electron chi connectivity index (χ2n) is 5.54. The van der Waals surface area contributed by atoms with Crippen LogP contribution in [0.3, 0.4) is 0 Å². The first-order chi connectivity index (χ1) is 8.72. The van der Waals surface area contributed by atoms with E-state index in [1.165, 1.54) is 0 Å². The summed E-state index contributed by atoms with van der Waals surface area (Å²) in [7, 11) is 0. The second kappa shape index (κ2) is 4.31. The van der Waals surface area contributed by atoms with Gasteiger partial charge < -0.3 is 9.84 Å². The number of ether oxygens (including phenoxy) is 1. The van der Waals surface area contributed by atoms with Gasteiger partial charge in [-0.25, -0.2) is 4.68 Å². The summed E-state index contributed by atoms with van der Waals surface area (Å²) in [5.74, 6) is 0. The first-order valence-electron chi connectivity index (χ1n) is 6.91. The Morgan fingerprint density at radius 3 is 2.83 bits per heavy atom. The number of aryl methyl sites for hydroxylation is 1. The van der Waals surface area contributed by atoms with Crippen LogP contribution in [0.4, 0.5) is 0 Å². The van der Waals surface area contributed by atoms with E-state index in [-0.39, 0.29) is 5.41 Å². The molecule has 0 amide bonds. The van der Waals surface area contributed by atoms with E-state index in [0.29, 0.717) is 0 Å². The van der Waals surface area contributed by atoms with Gasteiger partial charge in [-0.1, -0.05) is 5.21 Å². The molecule has 18 heavy (non-hydrogen) atoms. The van der Waals surface area contributed by atoms with Crippen molar-refractivity contribution in [3.8, 4) is 0 Å². The van der Waals surface area contributed by atoms with Gasteiger partial charge in [-0.15, -0.1) is 5.10 Å². The zero-order valence-electron chi connectivity index (χ0n) is 10.9. The molecule has 100 valence electrons. The molecule has 1 atom stereocenters. The fourth-order valence-corrected chi connectivity index (χ4v) is 3.79. The number of hydrogen-bond acceptors (Lipinski definition) is 4. The smallest absolute Gasteiger partial charge is 0.114 e. The van der Waals surface area contributed by atoms with Crippen molar-refractivity contribution in [3.63, 3.8) is 0 Å². The van der Waals surface area contributed by atoms with E-state index in [1.54, 1.807) is 6.20 Å². The molecule has 0 bridgehead atoms. The fourth-order valence-electron chi connectivity index (χ4n) is 3.79. The van der Waals surface area contributed by atoms with Crippen LogP contribution in [-0.4, -0.2) is 33.3 Å². The van der Waals surface area contributed by atoms with Gasteiger partial charge in [0.2, 0.25) is 0 Å². The highest BCUT2D eigenvalue weighted by atomic mass is 16.5. The Balaban J connectivity index is 2.01. The Bertz CT molecular complexity index is 426. The van der Waals surface area contributed by atoms with Crippen molar-refractivity contribution in [3.05, 3.63) is 11.9 Å². The molecule has 3 rings (SSSR count). The molecule has 1 aliphatic carbocycles. The fraction of sp³-hybridized carbons (Fsp3) is 0.846. The quantitative estimate of drug-likeness (QED) is 0.864. The van der Waals surface area contributed by atoms with Gasteiger partial charge in [0.15, 0.2) is 0 Å². The van der Waals surface area contributed by atoms with Gasteiger partial charge in [0.05, 0.1) is 11.9 Å². The van der Waals surface area contributed by atoms with Crippen LogP contribution in [0.25, 0.3) is 0 Å². The van der Waals surface area contributed by atoms with Crippen LogP contribution in [0.2, 0.25) is 0 Å². The van der Waals surface area contributed by atoms with Gasteiger partial charge in [0, 0.05) is 25.2 Å². The van der Waals surface area contributed by atoms with E-state index in [4.69, 9.17) is 4.74 Å². The second-order valence-corrected chi connectivity index (χ2v) is 5.54. The Hall–Kier alpha value is -0.940. The minimum Gasteiger partial charge on any atom is -0.383 e. The summed E-state index contributed by atoms with van der Waals surface area (Å²) in [4.78, 5) is 0. The van der Waals surface area contributed by atoms with Gasteiger partial charge >= 0.3 is 0 Å². The lowest BCUT2D eigenvalue weighted by molar-refractivity contribution is -0.123. The van der Waals surface area contributed by atoms with Crippen LogP contribution in [0.1, 0.15) is 44.7 Å². The lowest BCUT2D eigenvalue weighted by Gasteiger charge is -2.44. The third-order valence-corrected chi connectivity index (χ3v) is 4.86. The summed E-state index contributed by atoms with van der Waals surface area (Å²) in [6, 6.07) is 0. The lowest BCUT2D eigenvalue weighted by atomic mass is 9.67. The van der Waals surface area contributed by atoms with Crippen molar-refractivity contribution < 1.29 is 9.84 Å². The molecule has 2 aliphatic rings. The molecule has 1 saturated carbocycles. The largest absolute Gasteiger partial charge is 0.383 e. The Morgan fingerprint density at radius 2 is 2.11 bits per heavy atom. The molecule has 1 N–H and O–H groups in total. The van der Waals surface area contributed by atoms with Crippen molar-refractivity contribution in [1.29, 1.82) is 0 Å². The molecule has 1 saturated heterocycles. The van der Waals surface area contributed by atoms with Gasteiger partial charge in [0.1, 0.15) is 5.60 Å². The van der Waals surface area contributed by atoms with Crippen LogP contribution in [0, 0.1) is 5.41 Å². The van der Waals surface area contributed by atoms with E-state index in [1.807, 2.05) is 11.6 Å². The molecular weight excluding hydrogens is 230 g/mol. The average molecular weight is 251 g/mol. The maximum atomic E-state index is 11.3. The van der Waals surface area contributed by atoms with Crippen molar-refractivity contribution in [2.24, 2.45) is 5.41 Å². The molecule has 5 nitrogen and oxygen atoms in total. The zero-order valence-corrected chi connectivity index (χ0v) is 10.9. The van der Waals surface area contributed by atoms with Crippen molar-refractivity contribution in [2.45, 2.75) is 51.2 Å². The van der Waals surface area contributed by atoms with Crippen LogP contribution >= 0.6 is 0 Å². The van der Waals surface area contributed by atoms with E-state index in [0.717, 1.165) is 57.6 Å². The van der Waals surface area contributed by atoms with E-state index in [2.05, 4.69) is 10.3 Å². The molecule has 1 aliphatic heterocycles. The molecule has 1 spiro atoms. The predicted molar refractivity (Wildman–Crippen MR) is 65.9 cm³/mol. The normalized spacial score (nSPS) is 31.0. The predicted octanol–water partition coefficient (Wildman–Crippen LogP) is 1.47. The lowest BCUT2D eigenvalue weighted by Crippen LogP contribution is -2.46. The highest BCUT2D eigenvalue weighted by molar-refractivity contribution is 5.18. The minimum atomic E-state index is -0.768. The third kappa shape index (κ3) is 1.53. The van der Waals surface area contributed by atoms with E-state index in [9.17, 15) is 5.11 Å². The monoisotopic (exact) mass is 251 g/mol. The Labute approximate surface area is 107 Å². The SMILES string of the molecule is CCn1nncc1C1(O)CCCC12CCOCC2. The van der Waals surface area contributed by atoms with Crippen LogP contribution in [0.5, 0.6) is 0 Å². The molecule has 2 fully saturated rings. The van der Waals surface area contributed by atoms with Crippen LogP contribution < -0.4 is 0 Å². The molecule has 5 heteroatoms. The molecular formula is C13H21N3O2. The molecule has 0 aromatic carbocycles. The maximum Gasteiger partial charge on any atom is 0.114 e. The highest BCUT2D eigenvalue weighted by Gasteiger charge is 2.56. The third-order valence-electron chi connectivity index (χ3n) is 4.86. The van der Waals surface area contributed by atoms with Gasteiger partial charge in [-0.3, -0.25) is 0 Å². The minimum absolute atomic E-state index is 0.0279. The van der Waals surface area contributed by atoms with Gasteiger partial charge in [-0.05, 0) is 39.0 Å². The summed E-state index contributed by atoms with van der Waals surface area (Å²) < 4.78 is 7.31. The van der Waals surface area contributed by atoms with Gasteiger partial charge in [0.25, 0.3) is 0 Å². The Morgan fingerprint density at radius 1 is 1.33 bits per heavy atom. The number of nitrogens with zero attached hydrogens (tertiary/aromatic N) is 3. The van der Waals surface area contributed by atoms with E-state index >= 15 is 0 Å². The molecule has 1 unspecified atom stereocenters.